The van der Waals surface area contributed by atoms with E-state index in [2.05, 4.69) is 34.7 Å². The molecule has 114 valence electrons. The largest absolute Gasteiger partial charge is 0.382 e. The fourth-order valence-corrected chi connectivity index (χ4v) is 5.77. The molecule has 5 rings (SSSR count). The number of rotatable bonds is 4. The summed E-state index contributed by atoms with van der Waals surface area (Å²) in [6.45, 7) is 2.41. The molecule has 1 atom stereocenters. The number of hydrogen-bond donors (Lipinski definition) is 2. The van der Waals surface area contributed by atoms with Crippen molar-refractivity contribution in [2.45, 2.75) is 51.5 Å². The maximum atomic E-state index is 4.31. The lowest BCUT2D eigenvalue weighted by molar-refractivity contribution is -0.0602. The van der Waals surface area contributed by atoms with E-state index in [4.69, 9.17) is 0 Å². The van der Waals surface area contributed by atoms with Crippen LogP contribution in [0.2, 0.25) is 0 Å². The van der Waals surface area contributed by atoms with Crippen LogP contribution in [0.15, 0.2) is 18.3 Å². The van der Waals surface area contributed by atoms with Gasteiger partial charge >= 0.3 is 0 Å². The SMILES string of the molecule is CNc1cc(NC(C)C23CC4CC(CC(C4)C2)C3)ccn1. The third-order valence-corrected chi connectivity index (χ3v) is 6.40. The summed E-state index contributed by atoms with van der Waals surface area (Å²) in [6.07, 6.45) is 10.8. The minimum Gasteiger partial charge on any atom is -0.382 e. The Labute approximate surface area is 127 Å². The van der Waals surface area contributed by atoms with Crippen LogP contribution in [0.25, 0.3) is 0 Å². The van der Waals surface area contributed by atoms with Gasteiger partial charge < -0.3 is 10.6 Å². The number of pyridine rings is 1. The quantitative estimate of drug-likeness (QED) is 0.873. The highest BCUT2D eigenvalue weighted by molar-refractivity contribution is 5.52. The first kappa shape index (κ1) is 13.4. The van der Waals surface area contributed by atoms with Gasteiger partial charge in [-0.25, -0.2) is 4.98 Å². The van der Waals surface area contributed by atoms with Gasteiger partial charge in [-0.3, -0.25) is 0 Å². The van der Waals surface area contributed by atoms with Gasteiger partial charge in [0, 0.05) is 31.0 Å². The van der Waals surface area contributed by atoms with Crippen molar-refractivity contribution in [2.24, 2.45) is 23.2 Å². The van der Waals surface area contributed by atoms with E-state index in [9.17, 15) is 0 Å². The number of nitrogens with zero attached hydrogens (tertiary/aromatic N) is 1. The smallest absolute Gasteiger partial charge is 0.127 e. The normalized spacial score (nSPS) is 38.3. The Morgan fingerprint density at radius 1 is 1.14 bits per heavy atom. The second-order valence-electron chi connectivity index (χ2n) is 7.83. The minimum absolute atomic E-state index is 0.553. The Bertz CT molecular complexity index is 490. The lowest BCUT2D eigenvalue weighted by Crippen LogP contribution is -2.52. The van der Waals surface area contributed by atoms with E-state index in [1.165, 1.54) is 44.2 Å². The number of nitrogens with one attached hydrogen (secondary N) is 2. The van der Waals surface area contributed by atoms with Gasteiger partial charge in [-0.2, -0.15) is 0 Å². The summed E-state index contributed by atoms with van der Waals surface area (Å²) in [7, 11) is 1.93. The fraction of sp³-hybridized carbons (Fsp3) is 0.722. The molecule has 2 N–H and O–H groups in total. The van der Waals surface area contributed by atoms with E-state index in [0.29, 0.717) is 11.5 Å². The monoisotopic (exact) mass is 285 g/mol. The van der Waals surface area contributed by atoms with Crippen LogP contribution < -0.4 is 10.6 Å². The van der Waals surface area contributed by atoms with E-state index in [-0.39, 0.29) is 0 Å². The van der Waals surface area contributed by atoms with Crippen LogP contribution >= 0.6 is 0 Å². The predicted octanol–water partition coefficient (Wildman–Crippen LogP) is 4.14. The topological polar surface area (TPSA) is 37.0 Å². The maximum absolute atomic E-state index is 4.31. The van der Waals surface area contributed by atoms with Crippen LogP contribution in [0.5, 0.6) is 0 Å². The van der Waals surface area contributed by atoms with Gasteiger partial charge in [-0.05, 0) is 74.7 Å². The molecule has 4 aliphatic rings. The molecular formula is C18H27N3. The summed E-state index contributed by atoms with van der Waals surface area (Å²) in [5.41, 5.74) is 1.76. The van der Waals surface area contributed by atoms with Crippen molar-refractivity contribution in [3.05, 3.63) is 18.3 Å². The van der Waals surface area contributed by atoms with Crippen LogP contribution in [0.1, 0.15) is 45.4 Å². The molecule has 4 fully saturated rings. The van der Waals surface area contributed by atoms with Gasteiger partial charge in [-0.15, -0.1) is 0 Å². The van der Waals surface area contributed by atoms with Gasteiger partial charge in [0.1, 0.15) is 5.82 Å². The van der Waals surface area contributed by atoms with Gasteiger partial charge in [0.2, 0.25) is 0 Å². The van der Waals surface area contributed by atoms with Crippen molar-refractivity contribution in [2.75, 3.05) is 17.7 Å². The number of aromatic nitrogens is 1. The molecule has 4 saturated carbocycles. The Balaban J connectivity index is 1.53. The zero-order chi connectivity index (χ0) is 14.4. The Hall–Kier alpha value is -1.25. The summed E-state index contributed by atoms with van der Waals surface area (Å²) in [5, 5.41) is 6.92. The molecule has 0 saturated heterocycles. The predicted molar refractivity (Wildman–Crippen MR) is 87.5 cm³/mol. The second-order valence-corrected chi connectivity index (χ2v) is 7.83. The van der Waals surface area contributed by atoms with E-state index in [1.807, 2.05) is 13.2 Å². The van der Waals surface area contributed by atoms with E-state index >= 15 is 0 Å². The Morgan fingerprint density at radius 2 is 1.76 bits per heavy atom. The zero-order valence-corrected chi connectivity index (χ0v) is 13.2. The van der Waals surface area contributed by atoms with Gasteiger partial charge in [0.25, 0.3) is 0 Å². The molecule has 21 heavy (non-hydrogen) atoms. The van der Waals surface area contributed by atoms with Gasteiger partial charge in [0.05, 0.1) is 0 Å². The third-order valence-electron chi connectivity index (χ3n) is 6.40. The van der Waals surface area contributed by atoms with E-state index in [1.54, 1.807) is 0 Å². The molecule has 3 heteroatoms. The van der Waals surface area contributed by atoms with Crippen LogP contribution in [0, 0.1) is 23.2 Å². The highest BCUT2D eigenvalue weighted by Gasteiger charge is 2.53. The molecule has 0 aromatic carbocycles. The molecule has 3 nitrogen and oxygen atoms in total. The summed E-state index contributed by atoms with van der Waals surface area (Å²) in [4.78, 5) is 4.31. The molecule has 0 amide bonds. The summed E-state index contributed by atoms with van der Waals surface area (Å²) in [5.74, 6) is 4.00. The molecule has 1 heterocycles. The fourth-order valence-electron chi connectivity index (χ4n) is 5.77. The first-order valence-electron chi connectivity index (χ1n) is 8.57. The Morgan fingerprint density at radius 3 is 2.33 bits per heavy atom. The van der Waals surface area contributed by atoms with E-state index in [0.717, 1.165) is 23.6 Å². The molecular weight excluding hydrogens is 258 g/mol. The van der Waals surface area contributed by atoms with Gasteiger partial charge in [-0.1, -0.05) is 0 Å². The first-order valence-corrected chi connectivity index (χ1v) is 8.57. The van der Waals surface area contributed by atoms with Crippen LogP contribution in [-0.2, 0) is 0 Å². The second kappa shape index (κ2) is 4.89. The van der Waals surface area contributed by atoms with Gasteiger partial charge in [0.15, 0.2) is 0 Å². The standard InChI is InChI=1S/C18H27N3/c1-12(21-16-3-4-20-17(8-16)19-2)18-9-13-5-14(10-18)7-15(6-13)11-18/h3-4,8,12-15H,5-7,9-11H2,1-2H3,(H2,19,20,21). The van der Waals surface area contributed by atoms with Crippen molar-refractivity contribution in [1.82, 2.24) is 4.98 Å². The first-order chi connectivity index (χ1) is 10.2. The maximum Gasteiger partial charge on any atom is 0.127 e. The average Bonchev–Trinajstić information content (AvgIpc) is 2.46. The highest BCUT2D eigenvalue weighted by Crippen LogP contribution is 2.61. The summed E-state index contributed by atoms with van der Waals surface area (Å²) in [6, 6.07) is 4.78. The minimum atomic E-state index is 0.553. The summed E-state index contributed by atoms with van der Waals surface area (Å²) >= 11 is 0. The van der Waals surface area contributed by atoms with Crippen molar-refractivity contribution in [3.8, 4) is 0 Å². The van der Waals surface area contributed by atoms with Crippen molar-refractivity contribution < 1.29 is 0 Å². The molecule has 4 aliphatic carbocycles. The van der Waals surface area contributed by atoms with Crippen LogP contribution in [-0.4, -0.2) is 18.1 Å². The molecule has 1 aromatic rings. The third kappa shape index (κ3) is 2.31. The van der Waals surface area contributed by atoms with Crippen molar-refractivity contribution in [3.63, 3.8) is 0 Å². The average molecular weight is 285 g/mol. The van der Waals surface area contributed by atoms with E-state index < -0.39 is 0 Å². The molecule has 0 aliphatic heterocycles. The molecule has 0 spiro atoms. The zero-order valence-electron chi connectivity index (χ0n) is 13.2. The molecule has 0 radical (unpaired) electrons. The molecule has 4 bridgehead atoms. The van der Waals surface area contributed by atoms with Crippen LogP contribution in [0.3, 0.4) is 0 Å². The lowest BCUT2D eigenvalue weighted by Gasteiger charge is -2.59. The van der Waals surface area contributed by atoms with Crippen molar-refractivity contribution >= 4 is 11.5 Å². The number of anilines is 2. The Kier molecular flexibility index (Phi) is 3.13. The highest BCUT2D eigenvalue weighted by atomic mass is 15.0. The lowest BCUT2D eigenvalue weighted by atomic mass is 9.48. The molecule has 1 aromatic heterocycles. The van der Waals surface area contributed by atoms with Crippen LogP contribution in [0.4, 0.5) is 11.5 Å². The van der Waals surface area contributed by atoms with Crippen molar-refractivity contribution in [1.29, 1.82) is 0 Å². The summed E-state index contributed by atoms with van der Waals surface area (Å²) < 4.78 is 0. The molecule has 1 unspecified atom stereocenters. The number of hydrogen-bond acceptors (Lipinski definition) is 3.